The van der Waals surface area contributed by atoms with E-state index in [1.54, 1.807) is 20.4 Å². The van der Waals surface area contributed by atoms with Crippen LogP contribution in [-0.4, -0.2) is 42.9 Å². The second-order valence-corrected chi connectivity index (χ2v) is 4.87. The van der Waals surface area contributed by atoms with Crippen LogP contribution in [0.25, 0.3) is 10.8 Å². The first-order chi connectivity index (χ1) is 10.7. The first-order valence-electron chi connectivity index (χ1n) is 7.09. The van der Waals surface area contributed by atoms with Crippen molar-refractivity contribution in [3.63, 3.8) is 0 Å². The number of pyridine rings is 1. The van der Waals surface area contributed by atoms with Crippen molar-refractivity contribution in [1.29, 1.82) is 0 Å². The zero-order valence-electron chi connectivity index (χ0n) is 12.7. The van der Waals surface area contributed by atoms with Crippen molar-refractivity contribution in [3.8, 4) is 11.6 Å². The van der Waals surface area contributed by atoms with E-state index < -0.39 is 5.97 Å². The Labute approximate surface area is 129 Å². The van der Waals surface area contributed by atoms with Gasteiger partial charge in [-0.3, -0.25) is 4.79 Å². The third-order valence-corrected chi connectivity index (χ3v) is 3.49. The maximum atomic E-state index is 10.1. The van der Waals surface area contributed by atoms with Crippen LogP contribution in [0.15, 0.2) is 30.5 Å². The lowest BCUT2D eigenvalue weighted by atomic mass is 10.1. The summed E-state index contributed by atoms with van der Waals surface area (Å²) in [6.07, 6.45) is 3.45. The van der Waals surface area contributed by atoms with Gasteiger partial charge < -0.3 is 19.9 Å². The van der Waals surface area contributed by atoms with Gasteiger partial charge in [-0.05, 0) is 25.5 Å². The van der Waals surface area contributed by atoms with Gasteiger partial charge in [0.05, 0.1) is 20.4 Å². The predicted octanol–water partition coefficient (Wildman–Crippen LogP) is 2.07. The van der Waals surface area contributed by atoms with Crippen LogP contribution in [-0.2, 0) is 4.79 Å². The van der Waals surface area contributed by atoms with Crippen molar-refractivity contribution in [2.24, 2.45) is 0 Å². The maximum Gasteiger partial charge on any atom is 0.320 e. The largest absolute Gasteiger partial charge is 0.494 e. The van der Waals surface area contributed by atoms with Gasteiger partial charge in [0.2, 0.25) is 5.88 Å². The smallest absolute Gasteiger partial charge is 0.320 e. The molecule has 2 aromatic rings. The zero-order valence-corrected chi connectivity index (χ0v) is 12.7. The SMILES string of the molecule is COc1cnc(OC)c2ccccc12.O=C(O)[C@@H]1CCCN1. The minimum atomic E-state index is -0.720. The molecule has 0 amide bonds. The summed E-state index contributed by atoms with van der Waals surface area (Å²) >= 11 is 0. The van der Waals surface area contributed by atoms with Crippen LogP contribution in [0.4, 0.5) is 0 Å². The topological polar surface area (TPSA) is 80.7 Å². The molecule has 1 aromatic heterocycles. The van der Waals surface area contributed by atoms with E-state index in [0.717, 1.165) is 35.9 Å². The molecule has 0 bridgehead atoms. The molecule has 0 unspecified atom stereocenters. The first kappa shape index (κ1) is 16.0. The summed E-state index contributed by atoms with van der Waals surface area (Å²) in [4.78, 5) is 14.3. The number of aliphatic carboxylic acids is 1. The quantitative estimate of drug-likeness (QED) is 0.903. The van der Waals surface area contributed by atoms with E-state index in [4.69, 9.17) is 14.6 Å². The van der Waals surface area contributed by atoms with E-state index in [1.807, 2.05) is 24.3 Å². The molecule has 2 N–H and O–H groups in total. The van der Waals surface area contributed by atoms with E-state index in [2.05, 4.69) is 10.3 Å². The van der Waals surface area contributed by atoms with E-state index >= 15 is 0 Å². The number of hydrogen-bond acceptors (Lipinski definition) is 5. The maximum absolute atomic E-state index is 10.1. The molecule has 0 spiro atoms. The predicted molar refractivity (Wildman–Crippen MR) is 83.5 cm³/mol. The Hall–Kier alpha value is -2.34. The number of methoxy groups -OCH3 is 2. The number of carboxylic acid groups (broad SMARTS) is 1. The molecule has 6 heteroatoms. The fraction of sp³-hybridized carbons (Fsp3) is 0.375. The van der Waals surface area contributed by atoms with Crippen molar-refractivity contribution in [2.75, 3.05) is 20.8 Å². The van der Waals surface area contributed by atoms with Crippen LogP contribution in [0.2, 0.25) is 0 Å². The summed E-state index contributed by atoms with van der Waals surface area (Å²) in [7, 11) is 3.25. The third kappa shape index (κ3) is 3.65. The highest BCUT2D eigenvalue weighted by atomic mass is 16.5. The standard InChI is InChI=1S/C11H11NO2.C5H9NO2/c1-13-10-7-12-11(14-2)9-6-4-3-5-8(9)10;7-5(8)4-2-1-3-6-4/h3-7H,1-2H3;4,6H,1-3H2,(H,7,8)/t;4-/m.0/s1. The summed E-state index contributed by atoms with van der Waals surface area (Å²) < 4.78 is 10.4. The van der Waals surface area contributed by atoms with Crippen LogP contribution < -0.4 is 14.8 Å². The van der Waals surface area contributed by atoms with Crippen molar-refractivity contribution >= 4 is 16.7 Å². The molecule has 22 heavy (non-hydrogen) atoms. The molecular formula is C16H20N2O4. The van der Waals surface area contributed by atoms with Gasteiger partial charge in [0.15, 0.2) is 0 Å². The fourth-order valence-corrected chi connectivity index (χ4v) is 2.36. The summed E-state index contributed by atoms with van der Waals surface area (Å²) in [6, 6.07) is 7.59. The number of ether oxygens (including phenoxy) is 2. The third-order valence-electron chi connectivity index (χ3n) is 3.49. The van der Waals surface area contributed by atoms with E-state index in [-0.39, 0.29) is 6.04 Å². The number of fused-ring (bicyclic) bond motifs is 1. The first-order valence-corrected chi connectivity index (χ1v) is 7.09. The lowest BCUT2D eigenvalue weighted by Gasteiger charge is -2.07. The van der Waals surface area contributed by atoms with Gasteiger partial charge in [-0.15, -0.1) is 0 Å². The highest BCUT2D eigenvalue weighted by Crippen LogP contribution is 2.29. The minimum Gasteiger partial charge on any atom is -0.494 e. The second kappa shape index (κ2) is 7.61. The molecule has 1 aliphatic heterocycles. The van der Waals surface area contributed by atoms with Gasteiger partial charge >= 0.3 is 5.97 Å². The Bertz CT molecular complexity index is 597. The van der Waals surface area contributed by atoms with Crippen molar-refractivity contribution in [1.82, 2.24) is 10.3 Å². The van der Waals surface area contributed by atoms with Gasteiger partial charge in [-0.25, -0.2) is 4.98 Å². The number of carboxylic acids is 1. The van der Waals surface area contributed by atoms with Crippen molar-refractivity contribution in [3.05, 3.63) is 30.5 Å². The van der Waals surface area contributed by atoms with Crippen LogP contribution in [0, 0.1) is 0 Å². The van der Waals surface area contributed by atoms with Gasteiger partial charge in [0.25, 0.3) is 0 Å². The Morgan fingerprint density at radius 3 is 2.50 bits per heavy atom. The van der Waals surface area contributed by atoms with E-state index in [1.165, 1.54) is 0 Å². The Kier molecular flexibility index (Phi) is 5.55. The summed E-state index contributed by atoms with van der Waals surface area (Å²) in [6.45, 7) is 0.858. The highest BCUT2D eigenvalue weighted by molar-refractivity contribution is 5.91. The van der Waals surface area contributed by atoms with Crippen LogP contribution >= 0.6 is 0 Å². The molecule has 1 fully saturated rings. The number of hydrogen-bond donors (Lipinski definition) is 2. The minimum absolute atomic E-state index is 0.269. The molecule has 2 heterocycles. The molecule has 118 valence electrons. The fourth-order valence-electron chi connectivity index (χ4n) is 2.36. The van der Waals surface area contributed by atoms with Crippen LogP contribution in [0.1, 0.15) is 12.8 Å². The molecule has 6 nitrogen and oxygen atoms in total. The monoisotopic (exact) mass is 304 g/mol. The lowest BCUT2D eigenvalue weighted by molar-refractivity contribution is -0.139. The molecule has 1 saturated heterocycles. The van der Waals surface area contributed by atoms with E-state index in [9.17, 15) is 4.79 Å². The number of nitrogens with zero attached hydrogens (tertiary/aromatic N) is 1. The molecular weight excluding hydrogens is 284 g/mol. The second-order valence-electron chi connectivity index (χ2n) is 4.87. The molecule has 1 atom stereocenters. The molecule has 0 radical (unpaired) electrons. The average molecular weight is 304 g/mol. The average Bonchev–Trinajstić information content (AvgIpc) is 3.09. The number of aromatic nitrogens is 1. The van der Waals surface area contributed by atoms with Crippen LogP contribution in [0.3, 0.4) is 0 Å². The highest BCUT2D eigenvalue weighted by Gasteiger charge is 2.20. The number of rotatable bonds is 3. The molecule has 3 rings (SSSR count). The van der Waals surface area contributed by atoms with Crippen molar-refractivity contribution in [2.45, 2.75) is 18.9 Å². The molecule has 1 aliphatic rings. The normalized spacial score (nSPS) is 16.7. The van der Waals surface area contributed by atoms with Gasteiger partial charge in [0.1, 0.15) is 11.8 Å². The van der Waals surface area contributed by atoms with Crippen molar-refractivity contribution < 1.29 is 19.4 Å². The van der Waals surface area contributed by atoms with Gasteiger partial charge in [-0.2, -0.15) is 0 Å². The summed E-state index contributed by atoms with van der Waals surface area (Å²) in [5.74, 6) is 0.672. The Balaban J connectivity index is 0.000000188. The molecule has 1 aromatic carbocycles. The van der Waals surface area contributed by atoms with Gasteiger partial charge in [0, 0.05) is 10.8 Å². The lowest BCUT2D eigenvalue weighted by Crippen LogP contribution is -2.29. The Morgan fingerprint density at radius 1 is 1.27 bits per heavy atom. The molecule has 0 saturated carbocycles. The Morgan fingerprint density at radius 2 is 2.00 bits per heavy atom. The summed E-state index contributed by atoms with van der Waals surface area (Å²) in [5.41, 5.74) is 0. The van der Waals surface area contributed by atoms with Gasteiger partial charge in [-0.1, -0.05) is 18.2 Å². The summed E-state index contributed by atoms with van der Waals surface area (Å²) in [5, 5.41) is 13.2. The number of carbonyl (C=O) groups is 1. The number of benzene rings is 1. The molecule has 0 aliphatic carbocycles. The van der Waals surface area contributed by atoms with E-state index in [0.29, 0.717) is 5.88 Å². The van der Waals surface area contributed by atoms with Crippen LogP contribution in [0.5, 0.6) is 11.6 Å². The number of nitrogens with one attached hydrogen (secondary N) is 1. The zero-order chi connectivity index (χ0) is 15.9.